The van der Waals surface area contributed by atoms with E-state index in [9.17, 15) is 0 Å². The van der Waals surface area contributed by atoms with Crippen LogP contribution in [0.3, 0.4) is 0 Å². The van der Waals surface area contributed by atoms with E-state index >= 15 is 0 Å². The molecule has 16 heavy (non-hydrogen) atoms. The third-order valence-corrected chi connectivity index (χ3v) is 4.85. The summed E-state index contributed by atoms with van der Waals surface area (Å²) in [6, 6.07) is 4.76. The molecule has 0 aromatic carbocycles. The van der Waals surface area contributed by atoms with Gasteiger partial charge in [0.1, 0.15) is 0 Å². The Bertz CT molecular complexity index is 323. The van der Waals surface area contributed by atoms with Crippen molar-refractivity contribution in [3.63, 3.8) is 0 Å². The molecule has 1 aliphatic heterocycles. The topological polar surface area (TPSA) is 21.3 Å². The number of ether oxygens (including phenoxy) is 1. The SMILES string of the molecule is CC(NCCC1CCOC1)c1ccc(Br)s1. The van der Waals surface area contributed by atoms with Gasteiger partial charge in [0.05, 0.1) is 3.79 Å². The molecular weight excluding hydrogens is 286 g/mol. The summed E-state index contributed by atoms with van der Waals surface area (Å²) in [4.78, 5) is 1.40. The van der Waals surface area contributed by atoms with Crippen LogP contribution >= 0.6 is 27.3 Å². The van der Waals surface area contributed by atoms with Crippen LogP contribution in [0.4, 0.5) is 0 Å². The summed E-state index contributed by atoms with van der Waals surface area (Å²) in [6.45, 7) is 5.23. The Balaban J connectivity index is 1.69. The van der Waals surface area contributed by atoms with Crippen molar-refractivity contribution in [2.45, 2.75) is 25.8 Å². The van der Waals surface area contributed by atoms with Crippen LogP contribution < -0.4 is 5.32 Å². The molecule has 2 nitrogen and oxygen atoms in total. The molecule has 2 atom stereocenters. The molecule has 1 aliphatic rings. The molecular formula is C12H18BrNOS. The van der Waals surface area contributed by atoms with Gasteiger partial charge in [-0.25, -0.2) is 0 Å². The van der Waals surface area contributed by atoms with E-state index in [0.717, 1.165) is 25.7 Å². The van der Waals surface area contributed by atoms with Gasteiger partial charge in [0.2, 0.25) is 0 Å². The van der Waals surface area contributed by atoms with Gasteiger partial charge in [-0.1, -0.05) is 0 Å². The number of hydrogen-bond donors (Lipinski definition) is 1. The van der Waals surface area contributed by atoms with Crippen molar-refractivity contribution in [2.24, 2.45) is 5.92 Å². The number of nitrogens with one attached hydrogen (secondary N) is 1. The summed E-state index contributed by atoms with van der Waals surface area (Å²) in [5.41, 5.74) is 0. The van der Waals surface area contributed by atoms with Crippen LogP contribution in [0.5, 0.6) is 0 Å². The normalized spacial score (nSPS) is 22.5. The number of rotatable bonds is 5. The van der Waals surface area contributed by atoms with E-state index < -0.39 is 0 Å². The summed E-state index contributed by atoms with van der Waals surface area (Å²) in [5, 5.41) is 3.57. The Kier molecular flexibility index (Phi) is 4.82. The first-order chi connectivity index (χ1) is 7.75. The van der Waals surface area contributed by atoms with Gasteiger partial charge >= 0.3 is 0 Å². The molecule has 2 heterocycles. The minimum absolute atomic E-state index is 0.457. The predicted octanol–water partition coefficient (Wildman–Crippen LogP) is 3.59. The Morgan fingerprint density at radius 3 is 3.12 bits per heavy atom. The molecule has 0 radical (unpaired) electrons. The van der Waals surface area contributed by atoms with Crippen molar-refractivity contribution in [3.8, 4) is 0 Å². The van der Waals surface area contributed by atoms with Gasteiger partial charge in [-0.05, 0) is 60.3 Å². The van der Waals surface area contributed by atoms with Crippen LogP contribution in [0.15, 0.2) is 15.9 Å². The summed E-state index contributed by atoms with van der Waals surface area (Å²) in [7, 11) is 0. The zero-order valence-electron chi connectivity index (χ0n) is 9.54. The molecule has 1 N–H and O–H groups in total. The van der Waals surface area contributed by atoms with Crippen LogP contribution in [0, 0.1) is 5.92 Å². The van der Waals surface area contributed by atoms with Crippen LogP contribution in [0.2, 0.25) is 0 Å². The first kappa shape index (κ1) is 12.6. The lowest BCUT2D eigenvalue weighted by Gasteiger charge is -2.13. The van der Waals surface area contributed by atoms with E-state index in [4.69, 9.17) is 4.74 Å². The number of hydrogen-bond acceptors (Lipinski definition) is 3. The van der Waals surface area contributed by atoms with E-state index in [1.165, 1.54) is 21.5 Å². The Labute approximate surface area is 110 Å². The number of halogens is 1. The van der Waals surface area contributed by atoms with E-state index in [0.29, 0.717) is 6.04 Å². The Hall–Kier alpha value is 0.1000. The van der Waals surface area contributed by atoms with Crippen molar-refractivity contribution in [2.75, 3.05) is 19.8 Å². The highest BCUT2D eigenvalue weighted by Crippen LogP contribution is 2.27. The fourth-order valence-corrected chi connectivity index (χ4v) is 3.43. The van der Waals surface area contributed by atoms with Crippen molar-refractivity contribution in [1.82, 2.24) is 5.32 Å². The third kappa shape index (κ3) is 3.55. The monoisotopic (exact) mass is 303 g/mol. The van der Waals surface area contributed by atoms with Gasteiger partial charge in [-0.2, -0.15) is 0 Å². The minimum Gasteiger partial charge on any atom is -0.381 e. The minimum atomic E-state index is 0.457. The van der Waals surface area contributed by atoms with Gasteiger partial charge in [0, 0.05) is 24.1 Å². The van der Waals surface area contributed by atoms with E-state index in [1.54, 1.807) is 0 Å². The fraction of sp³-hybridized carbons (Fsp3) is 0.667. The molecule has 2 unspecified atom stereocenters. The molecule has 0 saturated carbocycles. The highest BCUT2D eigenvalue weighted by atomic mass is 79.9. The first-order valence-electron chi connectivity index (χ1n) is 5.82. The Morgan fingerprint density at radius 1 is 1.62 bits per heavy atom. The summed E-state index contributed by atoms with van der Waals surface area (Å²) in [5.74, 6) is 0.773. The molecule has 0 aliphatic carbocycles. The molecule has 1 fully saturated rings. The van der Waals surface area contributed by atoms with Crippen molar-refractivity contribution < 1.29 is 4.74 Å². The van der Waals surface area contributed by atoms with E-state index in [-0.39, 0.29) is 0 Å². The second-order valence-corrected chi connectivity index (χ2v) is 6.83. The molecule has 0 spiro atoms. The smallest absolute Gasteiger partial charge is 0.0701 e. The van der Waals surface area contributed by atoms with Crippen molar-refractivity contribution in [1.29, 1.82) is 0 Å². The second kappa shape index (κ2) is 6.15. The molecule has 1 saturated heterocycles. The van der Waals surface area contributed by atoms with Crippen molar-refractivity contribution in [3.05, 3.63) is 20.8 Å². The molecule has 2 rings (SSSR count). The summed E-state index contributed by atoms with van der Waals surface area (Å²) in [6.07, 6.45) is 2.47. The zero-order valence-corrected chi connectivity index (χ0v) is 11.9. The van der Waals surface area contributed by atoms with Gasteiger partial charge in [0.15, 0.2) is 0 Å². The summed E-state index contributed by atoms with van der Waals surface area (Å²) < 4.78 is 6.58. The largest absolute Gasteiger partial charge is 0.381 e. The van der Waals surface area contributed by atoms with Gasteiger partial charge in [-0.15, -0.1) is 11.3 Å². The molecule has 1 aromatic heterocycles. The quantitative estimate of drug-likeness (QED) is 0.897. The number of thiophene rings is 1. The van der Waals surface area contributed by atoms with Gasteiger partial charge in [-0.3, -0.25) is 0 Å². The standard InChI is InChI=1S/C12H18BrNOS/c1-9(11-2-3-12(13)16-11)14-6-4-10-5-7-15-8-10/h2-3,9-10,14H,4-8H2,1H3. The van der Waals surface area contributed by atoms with Crippen LogP contribution in [0.1, 0.15) is 30.7 Å². The van der Waals surface area contributed by atoms with Crippen LogP contribution in [-0.2, 0) is 4.74 Å². The fourth-order valence-electron chi connectivity index (χ4n) is 1.98. The van der Waals surface area contributed by atoms with Crippen LogP contribution in [0.25, 0.3) is 0 Å². The lowest BCUT2D eigenvalue weighted by atomic mass is 10.1. The van der Waals surface area contributed by atoms with E-state index in [2.05, 4.69) is 40.3 Å². The van der Waals surface area contributed by atoms with Crippen molar-refractivity contribution >= 4 is 27.3 Å². The molecule has 90 valence electrons. The molecule has 0 bridgehead atoms. The van der Waals surface area contributed by atoms with Gasteiger partial charge < -0.3 is 10.1 Å². The average Bonchev–Trinajstić information content (AvgIpc) is 2.89. The van der Waals surface area contributed by atoms with Gasteiger partial charge in [0.25, 0.3) is 0 Å². The zero-order chi connectivity index (χ0) is 11.4. The lowest BCUT2D eigenvalue weighted by Crippen LogP contribution is -2.21. The first-order valence-corrected chi connectivity index (χ1v) is 7.43. The highest BCUT2D eigenvalue weighted by Gasteiger charge is 2.15. The maximum Gasteiger partial charge on any atom is 0.0701 e. The maximum absolute atomic E-state index is 5.37. The highest BCUT2D eigenvalue weighted by molar-refractivity contribution is 9.11. The lowest BCUT2D eigenvalue weighted by molar-refractivity contribution is 0.184. The Morgan fingerprint density at radius 2 is 2.50 bits per heavy atom. The third-order valence-electron chi connectivity index (χ3n) is 3.05. The molecule has 1 aromatic rings. The van der Waals surface area contributed by atoms with E-state index in [1.807, 2.05) is 11.3 Å². The molecule has 0 amide bonds. The molecule has 4 heteroatoms. The second-order valence-electron chi connectivity index (χ2n) is 4.34. The van der Waals surface area contributed by atoms with Crippen LogP contribution in [-0.4, -0.2) is 19.8 Å². The maximum atomic E-state index is 5.37. The average molecular weight is 304 g/mol. The predicted molar refractivity (Wildman–Crippen MR) is 72.0 cm³/mol. The summed E-state index contributed by atoms with van der Waals surface area (Å²) >= 11 is 5.30.